The Labute approximate surface area is 138 Å². The van der Waals surface area contributed by atoms with Gasteiger partial charge in [-0.15, -0.1) is 0 Å². The third-order valence-electron chi connectivity index (χ3n) is 5.54. The first-order chi connectivity index (χ1) is 11.1. The number of rotatable bonds is 5. The molecule has 0 bridgehead atoms. The molecule has 2 aliphatic rings. The van der Waals surface area contributed by atoms with E-state index in [2.05, 4.69) is 29.3 Å². The van der Waals surface area contributed by atoms with Gasteiger partial charge in [0.15, 0.2) is 0 Å². The standard InChI is InChI=1S/C17H29N5O/c1-3-21(11-12-22-10-4-7-19-22)16(23)15-13-17(14-20(15)2)5-8-18-9-6-17/h4,7,10,15,18H,3,5-6,8-9,11-14H2,1-2H3/t15-/m1/s1. The van der Waals surface area contributed by atoms with Gasteiger partial charge in [0.05, 0.1) is 12.6 Å². The van der Waals surface area contributed by atoms with Gasteiger partial charge in [-0.1, -0.05) is 0 Å². The van der Waals surface area contributed by atoms with Gasteiger partial charge in [0.25, 0.3) is 0 Å². The maximum absolute atomic E-state index is 13.0. The number of nitrogens with one attached hydrogen (secondary N) is 1. The molecule has 2 aliphatic heterocycles. The van der Waals surface area contributed by atoms with E-state index in [1.807, 2.05) is 21.8 Å². The van der Waals surface area contributed by atoms with E-state index >= 15 is 0 Å². The molecular weight excluding hydrogens is 290 g/mol. The third-order valence-corrected chi connectivity index (χ3v) is 5.54. The molecule has 3 rings (SSSR count). The number of likely N-dealkylation sites (tertiary alicyclic amines) is 1. The predicted molar refractivity (Wildman–Crippen MR) is 90.1 cm³/mol. The Bertz CT molecular complexity index is 509. The van der Waals surface area contributed by atoms with Crippen LogP contribution in [0.15, 0.2) is 18.5 Å². The highest BCUT2D eigenvalue weighted by molar-refractivity contribution is 5.82. The number of aromatic nitrogens is 2. The van der Waals surface area contributed by atoms with Crippen molar-refractivity contribution in [1.82, 2.24) is 24.9 Å². The molecule has 1 spiro atoms. The molecule has 2 fully saturated rings. The lowest BCUT2D eigenvalue weighted by atomic mass is 9.77. The van der Waals surface area contributed by atoms with Crippen LogP contribution in [0.2, 0.25) is 0 Å². The van der Waals surface area contributed by atoms with Crippen LogP contribution in [0.5, 0.6) is 0 Å². The minimum atomic E-state index is 0.0469. The van der Waals surface area contributed by atoms with Gasteiger partial charge in [-0.2, -0.15) is 5.10 Å². The smallest absolute Gasteiger partial charge is 0.239 e. The fourth-order valence-electron chi connectivity index (χ4n) is 4.16. The highest BCUT2D eigenvalue weighted by Gasteiger charge is 2.46. The third kappa shape index (κ3) is 3.58. The van der Waals surface area contributed by atoms with E-state index in [1.54, 1.807) is 6.20 Å². The van der Waals surface area contributed by atoms with E-state index < -0.39 is 0 Å². The van der Waals surface area contributed by atoms with Gasteiger partial charge in [0.2, 0.25) is 5.91 Å². The Kier molecular flexibility index (Phi) is 5.02. The van der Waals surface area contributed by atoms with Crippen molar-refractivity contribution in [2.75, 3.05) is 39.8 Å². The molecule has 6 nitrogen and oxygen atoms in total. The Morgan fingerprint density at radius 2 is 2.22 bits per heavy atom. The Balaban J connectivity index is 1.61. The number of carbonyl (C=O) groups is 1. The number of likely N-dealkylation sites (N-methyl/N-ethyl adjacent to an activating group) is 2. The summed E-state index contributed by atoms with van der Waals surface area (Å²) in [4.78, 5) is 17.3. The molecule has 23 heavy (non-hydrogen) atoms. The molecule has 1 amide bonds. The topological polar surface area (TPSA) is 53.4 Å². The molecule has 0 unspecified atom stereocenters. The van der Waals surface area contributed by atoms with Gasteiger partial charge in [-0.05, 0) is 57.8 Å². The van der Waals surface area contributed by atoms with Crippen LogP contribution in [0, 0.1) is 5.41 Å². The molecule has 2 saturated heterocycles. The van der Waals surface area contributed by atoms with Gasteiger partial charge in [-0.25, -0.2) is 0 Å². The summed E-state index contributed by atoms with van der Waals surface area (Å²) < 4.78 is 1.89. The van der Waals surface area contributed by atoms with Crippen LogP contribution in [-0.4, -0.2) is 71.3 Å². The molecule has 3 heterocycles. The number of amides is 1. The maximum Gasteiger partial charge on any atom is 0.239 e. The summed E-state index contributed by atoms with van der Waals surface area (Å²) in [7, 11) is 2.11. The van der Waals surface area contributed by atoms with Crippen molar-refractivity contribution in [3.05, 3.63) is 18.5 Å². The molecule has 1 aromatic heterocycles. The van der Waals surface area contributed by atoms with Crippen molar-refractivity contribution in [2.45, 2.75) is 38.8 Å². The molecule has 6 heteroatoms. The van der Waals surface area contributed by atoms with E-state index in [0.717, 1.165) is 45.7 Å². The lowest BCUT2D eigenvalue weighted by Crippen LogP contribution is -2.45. The average molecular weight is 319 g/mol. The summed E-state index contributed by atoms with van der Waals surface area (Å²) in [6.45, 7) is 7.56. The minimum absolute atomic E-state index is 0.0469. The van der Waals surface area contributed by atoms with Crippen LogP contribution in [0.1, 0.15) is 26.2 Å². The summed E-state index contributed by atoms with van der Waals surface area (Å²) in [5, 5.41) is 7.67. The number of hydrogen-bond donors (Lipinski definition) is 1. The second-order valence-corrected chi connectivity index (χ2v) is 7.07. The van der Waals surface area contributed by atoms with Crippen molar-refractivity contribution in [3.63, 3.8) is 0 Å². The largest absolute Gasteiger partial charge is 0.340 e. The molecule has 0 saturated carbocycles. The average Bonchev–Trinajstić information content (AvgIpc) is 3.17. The van der Waals surface area contributed by atoms with E-state index in [0.29, 0.717) is 5.41 Å². The SMILES string of the molecule is CCN(CCn1cccn1)C(=O)[C@H]1CC2(CCNCC2)CN1C. The molecule has 128 valence electrons. The fourth-order valence-corrected chi connectivity index (χ4v) is 4.16. The van der Waals surface area contributed by atoms with Crippen molar-refractivity contribution < 1.29 is 4.79 Å². The number of carbonyl (C=O) groups excluding carboxylic acids is 1. The Morgan fingerprint density at radius 1 is 1.43 bits per heavy atom. The number of piperidine rings is 1. The lowest BCUT2D eigenvalue weighted by molar-refractivity contribution is -0.135. The van der Waals surface area contributed by atoms with Gasteiger partial charge in [0, 0.05) is 32.0 Å². The monoisotopic (exact) mass is 319 g/mol. The van der Waals surface area contributed by atoms with E-state index in [9.17, 15) is 4.79 Å². The molecule has 1 atom stereocenters. The van der Waals surface area contributed by atoms with E-state index in [-0.39, 0.29) is 11.9 Å². The maximum atomic E-state index is 13.0. The molecule has 0 aliphatic carbocycles. The molecule has 0 aromatic carbocycles. The molecule has 0 radical (unpaired) electrons. The predicted octanol–water partition coefficient (Wildman–Crippen LogP) is 0.806. The zero-order valence-electron chi connectivity index (χ0n) is 14.4. The van der Waals surface area contributed by atoms with Crippen molar-refractivity contribution in [2.24, 2.45) is 5.41 Å². The summed E-state index contributed by atoms with van der Waals surface area (Å²) >= 11 is 0. The van der Waals surface area contributed by atoms with E-state index in [1.165, 1.54) is 12.8 Å². The van der Waals surface area contributed by atoms with Crippen LogP contribution in [0.3, 0.4) is 0 Å². The Hall–Kier alpha value is -1.40. The first kappa shape index (κ1) is 16.5. The number of nitrogens with zero attached hydrogens (tertiary/aromatic N) is 4. The minimum Gasteiger partial charge on any atom is -0.340 e. The second-order valence-electron chi connectivity index (χ2n) is 7.07. The van der Waals surface area contributed by atoms with Crippen molar-refractivity contribution in [1.29, 1.82) is 0 Å². The van der Waals surface area contributed by atoms with Gasteiger partial charge in [-0.3, -0.25) is 14.4 Å². The van der Waals surface area contributed by atoms with Gasteiger partial charge < -0.3 is 10.2 Å². The lowest BCUT2D eigenvalue weighted by Gasteiger charge is -2.33. The normalized spacial score (nSPS) is 24.2. The van der Waals surface area contributed by atoms with Crippen LogP contribution in [-0.2, 0) is 11.3 Å². The number of hydrogen-bond acceptors (Lipinski definition) is 4. The Morgan fingerprint density at radius 3 is 2.87 bits per heavy atom. The highest BCUT2D eigenvalue weighted by atomic mass is 16.2. The summed E-state index contributed by atoms with van der Waals surface area (Å²) in [5.41, 5.74) is 0.349. The van der Waals surface area contributed by atoms with Crippen molar-refractivity contribution in [3.8, 4) is 0 Å². The second kappa shape index (κ2) is 7.01. The molecule has 1 N–H and O–H groups in total. The summed E-state index contributed by atoms with van der Waals surface area (Å²) in [5.74, 6) is 0.289. The van der Waals surface area contributed by atoms with Crippen LogP contribution in [0.25, 0.3) is 0 Å². The first-order valence-electron chi connectivity index (χ1n) is 8.81. The van der Waals surface area contributed by atoms with Crippen LogP contribution >= 0.6 is 0 Å². The van der Waals surface area contributed by atoms with Crippen LogP contribution < -0.4 is 5.32 Å². The molecular formula is C17H29N5O. The highest BCUT2D eigenvalue weighted by Crippen LogP contribution is 2.41. The zero-order chi connectivity index (χ0) is 16.3. The van der Waals surface area contributed by atoms with Crippen LogP contribution in [0.4, 0.5) is 0 Å². The van der Waals surface area contributed by atoms with Crippen molar-refractivity contribution >= 4 is 5.91 Å². The quantitative estimate of drug-likeness (QED) is 0.872. The molecule has 1 aromatic rings. The zero-order valence-corrected chi connectivity index (χ0v) is 14.4. The van der Waals surface area contributed by atoms with Gasteiger partial charge >= 0.3 is 0 Å². The van der Waals surface area contributed by atoms with Gasteiger partial charge in [0.1, 0.15) is 0 Å². The van der Waals surface area contributed by atoms with E-state index in [4.69, 9.17) is 0 Å². The summed E-state index contributed by atoms with van der Waals surface area (Å²) in [6.07, 6.45) is 7.14. The summed E-state index contributed by atoms with van der Waals surface area (Å²) in [6, 6.07) is 1.97. The first-order valence-corrected chi connectivity index (χ1v) is 8.81. The fraction of sp³-hybridized carbons (Fsp3) is 0.765.